The van der Waals surface area contributed by atoms with Crippen LogP contribution < -0.4 is 9.47 Å². The number of hydrogen-bond donors (Lipinski definition) is 0. The van der Waals surface area contributed by atoms with E-state index in [1.54, 1.807) is 20.3 Å². The maximum Gasteiger partial charge on any atom is 0.193 e. The van der Waals surface area contributed by atoms with Crippen molar-refractivity contribution in [3.63, 3.8) is 0 Å². The molecule has 0 heterocycles. The van der Waals surface area contributed by atoms with Crippen LogP contribution in [0.1, 0.15) is 15.9 Å². The van der Waals surface area contributed by atoms with E-state index in [2.05, 4.69) is 15.9 Å². The van der Waals surface area contributed by atoms with Crippen LogP contribution in [0.2, 0.25) is 0 Å². The largest absolute Gasteiger partial charge is 0.497 e. The molecule has 126 valence electrons. The molecule has 3 nitrogen and oxygen atoms in total. The standard InChI is InChI=1S/C21H17BrO3/c1-24-17-9-5-14(6-10-17)20-13-18(25-2)11-12-19(20)21(23)15-3-7-16(22)8-4-15/h3-13H,1-2H3. The second kappa shape index (κ2) is 7.53. The fourth-order valence-corrected chi connectivity index (χ4v) is 2.88. The van der Waals surface area contributed by atoms with Crippen LogP contribution in [0.25, 0.3) is 11.1 Å². The van der Waals surface area contributed by atoms with Gasteiger partial charge in [0.05, 0.1) is 14.2 Å². The number of ether oxygens (including phenoxy) is 2. The van der Waals surface area contributed by atoms with Crippen molar-refractivity contribution < 1.29 is 14.3 Å². The predicted molar refractivity (Wildman–Crippen MR) is 103 cm³/mol. The molecule has 0 atom stereocenters. The van der Waals surface area contributed by atoms with E-state index >= 15 is 0 Å². The van der Waals surface area contributed by atoms with E-state index in [1.807, 2.05) is 60.7 Å². The molecule has 3 aromatic carbocycles. The minimum Gasteiger partial charge on any atom is -0.497 e. The van der Waals surface area contributed by atoms with Gasteiger partial charge in [-0.1, -0.05) is 28.1 Å². The van der Waals surface area contributed by atoms with E-state index in [4.69, 9.17) is 9.47 Å². The highest BCUT2D eigenvalue weighted by Crippen LogP contribution is 2.31. The molecule has 0 radical (unpaired) electrons. The van der Waals surface area contributed by atoms with Crippen LogP contribution in [0.5, 0.6) is 11.5 Å². The molecule has 3 rings (SSSR count). The average molecular weight is 397 g/mol. The Morgan fingerprint density at radius 3 is 2.00 bits per heavy atom. The van der Waals surface area contributed by atoms with Gasteiger partial charge in [-0.05, 0) is 65.7 Å². The third-order valence-electron chi connectivity index (χ3n) is 3.98. The van der Waals surface area contributed by atoms with Crippen LogP contribution in [0.15, 0.2) is 71.2 Å². The summed E-state index contributed by atoms with van der Waals surface area (Å²) in [6, 6.07) is 20.5. The molecule has 0 saturated heterocycles. The van der Waals surface area contributed by atoms with Crippen LogP contribution in [-0.4, -0.2) is 20.0 Å². The predicted octanol–water partition coefficient (Wildman–Crippen LogP) is 5.36. The molecule has 0 aliphatic heterocycles. The molecular weight excluding hydrogens is 380 g/mol. The average Bonchev–Trinajstić information content (AvgIpc) is 2.67. The van der Waals surface area contributed by atoms with Gasteiger partial charge in [0.15, 0.2) is 5.78 Å². The minimum atomic E-state index is -0.0269. The van der Waals surface area contributed by atoms with Gasteiger partial charge in [0.1, 0.15) is 11.5 Å². The van der Waals surface area contributed by atoms with Crippen molar-refractivity contribution in [2.24, 2.45) is 0 Å². The molecule has 3 aromatic rings. The highest BCUT2D eigenvalue weighted by atomic mass is 79.9. The van der Waals surface area contributed by atoms with Gasteiger partial charge in [0.2, 0.25) is 0 Å². The molecular formula is C21H17BrO3. The first-order chi connectivity index (χ1) is 12.1. The third-order valence-corrected chi connectivity index (χ3v) is 4.51. The van der Waals surface area contributed by atoms with E-state index in [0.717, 1.165) is 21.3 Å². The molecule has 0 N–H and O–H groups in total. The second-order valence-electron chi connectivity index (χ2n) is 5.48. The minimum absolute atomic E-state index is 0.0269. The van der Waals surface area contributed by atoms with Gasteiger partial charge in [-0.25, -0.2) is 0 Å². The summed E-state index contributed by atoms with van der Waals surface area (Å²) in [6.45, 7) is 0. The molecule has 0 saturated carbocycles. The maximum absolute atomic E-state index is 13.0. The molecule has 0 unspecified atom stereocenters. The van der Waals surface area contributed by atoms with Gasteiger partial charge in [0.25, 0.3) is 0 Å². The summed E-state index contributed by atoms with van der Waals surface area (Å²) in [5.41, 5.74) is 3.03. The smallest absolute Gasteiger partial charge is 0.193 e. The van der Waals surface area contributed by atoms with Crippen LogP contribution in [0.3, 0.4) is 0 Å². The zero-order valence-electron chi connectivity index (χ0n) is 14.0. The Morgan fingerprint density at radius 2 is 1.40 bits per heavy atom. The number of methoxy groups -OCH3 is 2. The van der Waals surface area contributed by atoms with Crippen molar-refractivity contribution in [2.45, 2.75) is 0 Å². The third kappa shape index (κ3) is 3.74. The topological polar surface area (TPSA) is 35.5 Å². The second-order valence-corrected chi connectivity index (χ2v) is 6.39. The van der Waals surface area contributed by atoms with E-state index < -0.39 is 0 Å². The monoisotopic (exact) mass is 396 g/mol. The zero-order chi connectivity index (χ0) is 17.8. The first kappa shape index (κ1) is 17.2. The maximum atomic E-state index is 13.0. The first-order valence-corrected chi connectivity index (χ1v) is 8.54. The van der Waals surface area contributed by atoms with Crippen LogP contribution in [0.4, 0.5) is 0 Å². The van der Waals surface area contributed by atoms with Crippen molar-refractivity contribution in [3.8, 4) is 22.6 Å². The highest BCUT2D eigenvalue weighted by molar-refractivity contribution is 9.10. The van der Waals surface area contributed by atoms with E-state index in [1.165, 1.54) is 0 Å². The Hall–Kier alpha value is -2.59. The molecule has 0 fully saturated rings. The van der Waals surface area contributed by atoms with Gasteiger partial charge in [-0.2, -0.15) is 0 Å². The number of carbonyl (C=O) groups excluding carboxylic acids is 1. The lowest BCUT2D eigenvalue weighted by Gasteiger charge is -2.12. The lowest BCUT2D eigenvalue weighted by molar-refractivity contribution is 0.103. The molecule has 0 spiro atoms. The van der Waals surface area contributed by atoms with Crippen molar-refractivity contribution in [2.75, 3.05) is 14.2 Å². The summed E-state index contributed by atoms with van der Waals surface area (Å²) >= 11 is 3.39. The number of halogens is 1. The number of rotatable bonds is 5. The summed E-state index contributed by atoms with van der Waals surface area (Å²) in [5.74, 6) is 1.45. The first-order valence-electron chi connectivity index (χ1n) is 7.75. The van der Waals surface area contributed by atoms with Crippen LogP contribution in [-0.2, 0) is 0 Å². The summed E-state index contributed by atoms with van der Waals surface area (Å²) in [7, 11) is 3.24. The molecule has 0 aromatic heterocycles. The van der Waals surface area contributed by atoms with Crippen LogP contribution in [0, 0.1) is 0 Å². The molecule has 25 heavy (non-hydrogen) atoms. The lowest BCUT2D eigenvalue weighted by Crippen LogP contribution is -2.04. The summed E-state index contributed by atoms with van der Waals surface area (Å²) in [5, 5.41) is 0. The van der Waals surface area contributed by atoms with Crippen LogP contribution >= 0.6 is 15.9 Å². The Kier molecular flexibility index (Phi) is 5.19. The number of ketones is 1. The van der Waals surface area contributed by atoms with Gasteiger partial charge in [-0.3, -0.25) is 4.79 Å². The molecule has 0 aliphatic carbocycles. The summed E-state index contributed by atoms with van der Waals surface area (Å²) < 4.78 is 11.5. The fourth-order valence-electron chi connectivity index (χ4n) is 2.61. The normalized spacial score (nSPS) is 10.4. The Balaban J connectivity index is 2.09. The molecule has 4 heteroatoms. The number of carbonyl (C=O) groups is 1. The zero-order valence-corrected chi connectivity index (χ0v) is 15.5. The lowest BCUT2D eigenvalue weighted by atomic mass is 9.93. The highest BCUT2D eigenvalue weighted by Gasteiger charge is 2.16. The van der Waals surface area contributed by atoms with Gasteiger partial charge in [0, 0.05) is 15.6 Å². The van der Waals surface area contributed by atoms with E-state index in [0.29, 0.717) is 16.9 Å². The number of benzene rings is 3. The van der Waals surface area contributed by atoms with Crippen molar-refractivity contribution in [1.29, 1.82) is 0 Å². The Morgan fingerprint density at radius 1 is 0.800 bits per heavy atom. The Bertz CT molecular complexity index is 884. The Labute approximate surface area is 155 Å². The van der Waals surface area contributed by atoms with E-state index in [9.17, 15) is 4.79 Å². The fraction of sp³-hybridized carbons (Fsp3) is 0.0952. The summed E-state index contributed by atoms with van der Waals surface area (Å²) in [6.07, 6.45) is 0. The van der Waals surface area contributed by atoms with Crippen molar-refractivity contribution >= 4 is 21.7 Å². The molecule has 0 aliphatic rings. The number of hydrogen-bond acceptors (Lipinski definition) is 3. The van der Waals surface area contributed by atoms with Crippen molar-refractivity contribution in [1.82, 2.24) is 0 Å². The van der Waals surface area contributed by atoms with Gasteiger partial charge in [-0.15, -0.1) is 0 Å². The SMILES string of the molecule is COc1ccc(-c2cc(OC)ccc2C(=O)c2ccc(Br)cc2)cc1. The van der Waals surface area contributed by atoms with Gasteiger partial charge >= 0.3 is 0 Å². The van der Waals surface area contributed by atoms with E-state index in [-0.39, 0.29) is 5.78 Å². The summed E-state index contributed by atoms with van der Waals surface area (Å²) in [4.78, 5) is 13.0. The molecule has 0 amide bonds. The van der Waals surface area contributed by atoms with Gasteiger partial charge < -0.3 is 9.47 Å². The quantitative estimate of drug-likeness (QED) is 0.544. The molecule has 0 bridgehead atoms. The van der Waals surface area contributed by atoms with Crippen molar-refractivity contribution in [3.05, 3.63) is 82.3 Å².